The van der Waals surface area contributed by atoms with Crippen molar-refractivity contribution in [1.29, 1.82) is 5.41 Å². The van der Waals surface area contributed by atoms with Crippen molar-refractivity contribution in [2.75, 3.05) is 0 Å². The number of thiazole rings is 1. The lowest BCUT2D eigenvalue weighted by atomic mass is 10.2. The minimum absolute atomic E-state index is 0. The Labute approximate surface area is 97.9 Å². The van der Waals surface area contributed by atoms with Crippen LogP contribution in [0.2, 0.25) is 0 Å². The van der Waals surface area contributed by atoms with Crippen molar-refractivity contribution in [3.05, 3.63) is 41.4 Å². The summed E-state index contributed by atoms with van der Waals surface area (Å²) in [7, 11) is 0. The molecule has 0 spiro atoms. The third kappa shape index (κ3) is 2.55. The Kier molecular flexibility index (Phi) is 3.82. The van der Waals surface area contributed by atoms with Gasteiger partial charge < -0.3 is 5.73 Å². The number of nitrogens with one attached hydrogen (secondary N) is 1. The summed E-state index contributed by atoms with van der Waals surface area (Å²) < 4.78 is 0. The smallest absolute Gasteiger partial charge is 0.142 e. The SMILES string of the molecule is Cl.N=C(N)c1csc(-c2ccccc2)n1. The Hall–Kier alpha value is -1.39. The second-order valence-corrected chi connectivity index (χ2v) is 3.68. The van der Waals surface area contributed by atoms with Crippen molar-refractivity contribution in [3.8, 4) is 10.6 Å². The van der Waals surface area contributed by atoms with E-state index in [1.807, 2.05) is 30.3 Å². The summed E-state index contributed by atoms with van der Waals surface area (Å²) in [6.07, 6.45) is 0. The first-order chi connectivity index (χ1) is 6.77. The first-order valence-corrected chi connectivity index (χ1v) is 5.00. The van der Waals surface area contributed by atoms with Gasteiger partial charge in [0.25, 0.3) is 0 Å². The van der Waals surface area contributed by atoms with E-state index in [0.29, 0.717) is 5.69 Å². The minimum atomic E-state index is 0. The minimum Gasteiger partial charge on any atom is -0.382 e. The highest BCUT2D eigenvalue weighted by Gasteiger charge is 2.05. The normalized spacial score (nSPS) is 9.33. The molecular formula is C10H10ClN3S. The molecule has 0 atom stereocenters. The van der Waals surface area contributed by atoms with Gasteiger partial charge in [-0.25, -0.2) is 4.98 Å². The molecule has 0 bridgehead atoms. The molecule has 0 saturated heterocycles. The van der Waals surface area contributed by atoms with Gasteiger partial charge in [-0.2, -0.15) is 0 Å². The van der Waals surface area contributed by atoms with Gasteiger partial charge in [0.2, 0.25) is 0 Å². The molecular weight excluding hydrogens is 230 g/mol. The van der Waals surface area contributed by atoms with E-state index in [1.54, 1.807) is 5.38 Å². The van der Waals surface area contributed by atoms with E-state index >= 15 is 0 Å². The maximum absolute atomic E-state index is 7.23. The molecule has 0 aliphatic carbocycles. The lowest BCUT2D eigenvalue weighted by Crippen LogP contribution is -2.11. The second-order valence-electron chi connectivity index (χ2n) is 2.82. The van der Waals surface area contributed by atoms with E-state index in [2.05, 4.69) is 4.98 Å². The molecule has 3 N–H and O–H groups in total. The Morgan fingerprint density at radius 3 is 2.47 bits per heavy atom. The zero-order chi connectivity index (χ0) is 9.97. The maximum Gasteiger partial charge on any atom is 0.142 e. The predicted molar refractivity (Wildman–Crippen MR) is 65.8 cm³/mol. The molecule has 0 fully saturated rings. The molecule has 0 aliphatic heterocycles. The van der Waals surface area contributed by atoms with Crippen molar-refractivity contribution in [2.45, 2.75) is 0 Å². The molecule has 1 aromatic heterocycles. The highest BCUT2D eigenvalue weighted by molar-refractivity contribution is 7.13. The van der Waals surface area contributed by atoms with Gasteiger partial charge in [-0.05, 0) is 0 Å². The summed E-state index contributed by atoms with van der Waals surface area (Å²) in [6.45, 7) is 0. The van der Waals surface area contributed by atoms with Gasteiger partial charge in [0.15, 0.2) is 0 Å². The zero-order valence-corrected chi connectivity index (χ0v) is 9.44. The molecule has 0 aliphatic rings. The number of halogens is 1. The molecule has 0 radical (unpaired) electrons. The van der Waals surface area contributed by atoms with Gasteiger partial charge in [0, 0.05) is 10.9 Å². The van der Waals surface area contributed by atoms with E-state index in [1.165, 1.54) is 11.3 Å². The molecule has 1 aromatic carbocycles. The lowest BCUT2D eigenvalue weighted by Gasteiger charge is -1.93. The largest absolute Gasteiger partial charge is 0.382 e. The highest BCUT2D eigenvalue weighted by atomic mass is 35.5. The number of nitrogens with two attached hydrogens (primary N) is 1. The van der Waals surface area contributed by atoms with Crippen molar-refractivity contribution < 1.29 is 0 Å². The standard InChI is InChI=1S/C10H9N3S.ClH/c11-9(12)8-6-14-10(13-8)7-4-2-1-3-5-7;/h1-6H,(H3,11,12);1H. The number of hydrogen-bond donors (Lipinski definition) is 2. The molecule has 3 nitrogen and oxygen atoms in total. The van der Waals surface area contributed by atoms with Crippen molar-refractivity contribution in [1.82, 2.24) is 4.98 Å². The predicted octanol–water partition coefficient (Wildman–Crippen LogP) is 2.52. The van der Waals surface area contributed by atoms with Crippen LogP contribution in [0.15, 0.2) is 35.7 Å². The number of benzene rings is 1. The molecule has 2 aromatic rings. The van der Waals surface area contributed by atoms with E-state index < -0.39 is 0 Å². The third-order valence-electron chi connectivity index (χ3n) is 1.80. The van der Waals surface area contributed by atoms with Gasteiger partial charge in [-0.15, -0.1) is 23.7 Å². The van der Waals surface area contributed by atoms with Crippen LogP contribution in [0, 0.1) is 5.41 Å². The second kappa shape index (κ2) is 4.91. The first kappa shape index (κ1) is 11.7. The van der Waals surface area contributed by atoms with Crippen LogP contribution >= 0.6 is 23.7 Å². The van der Waals surface area contributed by atoms with Gasteiger partial charge in [-0.3, -0.25) is 5.41 Å². The summed E-state index contributed by atoms with van der Waals surface area (Å²) in [5.41, 5.74) is 6.94. The Morgan fingerprint density at radius 2 is 1.93 bits per heavy atom. The average Bonchev–Trinajstić information content (AvgIpc) is 2.68. The van der Waals surface area contributed by atoms with Crippen LogP contribution in [-0.2, 0) is 0 Å². The number of hydrogen-bond acceptors (Lipinski definition) is 3. The molecule has 15 heavy (non-hydrogen) atoms. The molecule has 78 valence electrons. The summed E-state index contributed by atoms with van der Waals surface area (Å²) >= 11 is 1.50. The summed E-state index contributed by atoms with van der Waals surface area (Å²) in [6, 6.07) is 9.86. The van der Waals surface area contributed by atoms with E-state index in [4.69, 9.17) is 11.1 Å². The zero-order valence-electron chi connectivity index (χ0n) is 7.81. The van der Waals surface area contributed by atoms with Crippen molar-refractivity contribution >= 4 is 29.6 Å². The number of rotatable bonds is 2. The lowest BCUT2D eigenvalue weighted by molar-refractivity contribution is 1.32. The Bertz CT molecular complexity index is 453. The Balaban J connectivity index is 0.00000112. The molecule has 2 rings (SSSR count). The number of nitrogens with zero attached hydrogens (tertiary/aromatic N) is 1. The average molecular weight is 240 g/mol. The highest BCUT2D eigenvalue weighted by Crippen LogP contribution is 2.22. The van der Waals surface area contributed by atoms with Gasteiger partial charge in [0.1, 0.15) is 16.5 Å². The van der Waals surface area contributed by atoms with E-state index in [9.17, 15) is 0 Å². The number of amidine groups is 1. The fourth-order valence-corrected chi connectivity index (χ4v) is 1.94. The van der Waals surface area contributed by atoms with Gasteiger partial charge >= 0.3 is 0 Å². The number of nitrogen functional groups attached to an aromatic ring is 1. The van der Waals surface area contributed by atoms with Crippen LogP contribution < -0.4 is 5.73 Å². The summed E-state index contributed by atoms with van der Waals surface area (Å²) in [5, 5.41) is 9.93. The van der Waals surface area contributed by atoms with E-state index in [0.717, 1.165) is 10.6 Å². The van der Waals surface area contributed by atoms with Crippen LogP contribution in [0.4, 0.5) is 0 Å². The quantitative estimate of drug-likeness (QED) is 0.625. The van der Waals surface area contributed by atoms with Crippen molar-refractivity contribution in [2.24, 2.45) is 5.73 Å². The molecule has 1 heterocycles. The van der Waals surface area contributed by atoms with E-state index in [-0.39, 0.29) is 18.2 Å². The topological polar surface area (TPSA) is 62.8 Å². The Morgan fingerprint density at radius 1 is 1.27 bits per heavy atom. The molecule has 5 heteroatoms. The fraction of sp³-hybridized carbons (Fsp3) is 0. The number of aromatic nitrogens is 1. The van der Waals surface area contributed by atoms with Crippen LogP contribution in [0.5, 0.6) is 0 Å². The monoisotopic (exact) mass is 239 g/mol. The molecule has 0 amide bonds. The summed E-state index contributed by atoms with van der Waals surface area (Å²) in [5.74, 6) is 0.0171. The van der Waals surface area contributed by atoms with Crippen LogP contribution in [0.25, 0.3) is 10.6 Å². The third-order valence-corrected chi connectivity index (χ3v) is 2.69. The van der Waals surface area contributed by atoms with Gasteiger partial charge in [-0.1, -0.05) is 30.3 Å². The summed E-state index contributed by atoms with van der Waals surface area (Å²) in [4.78, 5) is 4.25. The van der Waals surface area contributed by atoms with Crippen LogP contribution in [0.3, 0.4) is 0 Å². The van der Waals surface area contributed by atoms with Crippen LogP contribution in [-0.4, -0.2) is 10.8 Å². The van der Waals surface area contributed by atoms with Crippen molar-refractivity contribution in [3.63, 3.8) is 0 Å². The fourth-order valence-electron chi connectivity index (χ4n) is 1.11. The first-order valence-electron chi connectivity index (χ1n) is 4.13. The molecule has 0 unspecified atom stereocenters. The molecule has 0 saturated carbocycles. The van der Waals surface area contributed by atoms with Gasteiger partial charge in [0.05, 0.1) is 0 Å². The van der Waals surface area contributed by atoms with Crippen LogP contribution in [0.1, 0.15) is 5.69 Å². The maximum atomic E-state index is 7.23.